The summed E-state index contributed by atoms with van der Waals surface area (Å²) in [5.74, 6) is -0.723. The lowest BCUT2D eigenvalue weighted by atomic mass is 9.75. The first kappa shape index (κ1) is 30.4. The summed E-state index contributed by atoms with van der Waals surface area (Å²) in [4.78, 5) is 24.4. The number of rotatable bonds is 13. The van der Waals surface area contributed by atoms with Gasteiger partial charge in [0.2, 0.25) is 5.91 Å². The number of nitrogens with zero attached hydrogens (tertiary/aromatic N) is 3. The smallest absolute Gasteiger partial charge is 0.272 e. The molecule has 2 heterocycles. The molecule has 1 amide bonds. The predicted molar refractivity (Wildman–Crippen MR) is 160 cm³/mol. The first-order valence-electron chi connectivity index (χ1n) is 14.5. The number of carbonyl (C=O) groups is 1. The number of aromatic nitrogens is 2. The van der Waals surface area contributed by atoms with E-state index in [9.17, 15) is 13.6 Å². The molecule has 0 radical (unpaired) electrons. The highest BCUT2D eigenvalue weighted by Gasteiger charge is 2.36. The zero-order valence-electron chi connectivity index (χ0n) is 24.5. The lowest BCUT2D eigenvalue weighted by Crippen LogP contribution is -2.44. The Bertz CT molecular complexity index is 1300. The van der Waals surface area contributed by atoms with Gasteiger partial charge in [0.15, 0.2) is 0 Å². The van der Waals surface area contributed by atoms with E-state index in [-0.39, 0.29) is 29.4 Å². The van der Waals surface area contributed by atoms with Crippen LogP contribution in [0.3, 0.4) is 0 Å². The number of alkyl halides is 2. The zero-order valence-corrected chi connectivity index (χ0v) is 24.5. The Kier molecular flexibility index (Phi) is 9.90. The topological polar surface area (TPSA) is 55.3 Å². The fourth-order valence-corrected chi connectivity index (χ4v) is 5.26. The van der Waals surface area contributed by atoms with Crippen LogP contribution in [0.1, 0.15) is 64.6 Å². The van der Waals surface area contributed by atoms with Crippen LogP contribution in [0.5, 0.6) is 5.75 Å². The van der Waals surface area contributed by atoms with Gasteiger partial charge >= 0.3 is 0 Å². The van der Waals surface area contributed by atoms with E-state index in [4.69, 9.17) is 4.74 Å². The summed E-state index contributed by atoms with van der Waals surface area (Å²) in [6.45, 7) is 11.6. The van der Waals surface area contributed by atoms with Gasteiger partial charge in [-0.05, 0) is 105 Å². The molecule has 0 aliphatic heterocycles. The summed E-state index contributed by atoms with van der Waals surface area (Å²) in [5, 5.41) is 0. The molecule has 1 fully saturated rings. The summed E-state index contributed by atoms with van der Waals surface area (Å²) in [7, 11) is 0. The average molecular weight is 562 g/mol. The second-order valence-electron chi connectivity index (χ2n) is 11.6. The minimum atomic E-state index is -2.90. The number of ether oxygens (including phenoxy) is 1. The number of benzene rings is 1. The Morgan fingerprint density at radius 2 is 1.85 bits per heavy atom. The second-order valence-corrected chi connectivity index (χ2v) is 11.6. The molecule has 3 aromatic rings. The molecule has 4 rings (SSSR count). The van der Waals surface area contributed by atoms with E-state index < -0.39 is 5.92 Å². The molecule has 2 aromatic heterocycles. The number of carbonyl (C=O) groups excluding carboxylic acids is 1. The third-order valence-corrected chi connectivity index (χ3v) is 7.66. The van der Waals surface area contributed by atoms with Gasteiger partial charge in [-0.15, -0.1) is 6.58 Å². The number of hydrogen-bond donors (Lipinski definition) is 0. The molecule has 0 saturated heterocycles. The molecule has 218 valence electrons. The SMILES string of the molecule is C=CC(CCCc1ccc(C(C)(F)F)cn1)CN(C(=O)C1CC(C)C1)c1cc(-c2ccc(OC(C)C)cc2)ccn1. The van der Waals surface area contributed by atoms with E-state index in [2.05, 4.69) is 23.5 Å². The van der Waals surface area contributed by atoms with Gasteiger partial charge in [0.05, 0.1) is 6.10 Å². The Morgan fingerprint density at radius 3 is 2.44 bits per heavy atom. The molecule has 1 aliphatic rings. The van der Waals surface area contributed by atoms with Crippen molar-refractivity contribution in [2.24, 2.45) is 17.8 Å². The molecule has 1 unspecified atom stereocenters. The van der Waals surface area contributed by atoms with Crippen LogP contribution >= 0.6 is 0 Å². The molecule has 1 aromatic carbocycles. The minimum absolute atomic E-state index is 0.00722. The number of halogens is 2. The van der Waals surface area contributed by atoms with E-state index in [1.54, 1.807) is 12.3 Å². The second kappa shape index (κ2) is 13.4. The van der Waals surface area contributed by atoms with Crippen molar-refractivity contribution in [1.29, 1.82) is 0 Å². The highest BCUT2D eigenvalue weighted by Crippen LogP contribution is 2.36. The fraction of sp³-hybridized carbons (Fsp3) is 0.441. The average Bonchev–Trinajstić information content (AvgIpc) is 2.93. The van der Waals surface area contributed by atoms with Crippen molar-refractivity contribution in [3.05, 3.63) is 84.8 Å². The Morgan fingerprint density at radius 1 is 1.12 bits per heavy atom. The van der Waals surface area contributed by atoms with Crippen molar-refractivity contribution < 1.29 is 18.3 Å². The van der Waals surface area contributed by atoms with Gasteiger partial charge in [0, 0.05) is 43.0 Å². The van der Waals surface area contributed by atoms with Crippen LogP contribution < -0.4 is 9.64 Å². The Labute approximate surface area is 242 Å². The standard InChI is InChI=1S/C34H41F2N3O2/c1-6-25(8-7-9-30-13-12-29(21-38-30)34(5,35)36)22-39(33(40)28-18-24(4)19-28)32-20-27(16-17-37-32)26-10-14-31(15-11-26)41-23(2)3/h6,10-17,20-21,23-25,28H,1,7-9,18-19,22H2,2-5H3. The molecule has 0 spiro atoms. The van der Waals surface area contributed by atoms with Gasteiger partial charge in [-0.1, -0.05) is 25.1 Å². The van der Waals surface area contributed by atoms with Gasteiger partial charge in [-0.3, -0.25) is 14.7 Å². The van der Waals surface area contributed by atoms with Crippen molar-refractivity contribution in [1.82, 2.24) is 9.97 Å². The molecular formula is C34H41F2N3O2. The first-order valence-corrected chi connectivity index (χ1v) is 14.5. The quantitative estimate of drug-likeness (QED) is 0.197. The van der Waals surface area contributed by atoms with Crippen molar-refractivity contribution in [3.8, 4) is 16.9 Å². The van der Waals surface area contributed by atoms with Gasteiger partial charge < -0.3 is 4.74 Å². The normalized spacial score (nSPS) is 17.5. The van der Waals surface area contributed by atoms with Crippen molar-refractivity contribution in [2.45, 2.75) is 71.8 Å². The Balaban J connectivity index is 1.47. The summed E-state index contributed by atoms with van der Waals surface area (Å²) < 4.78 is 32.8. The molecule has 41 heavy (non-hydrogen) atoms. The number of anilines is 1. The summed E-state index contributed by atoms with van der Waals surface area (Å²) in [6.07, 6.45) is 9.05. The van der Waals surface area contributed by atoms with Crippen LogP contribution in [0.4, 0.5) is 14.6 Å². The van der Waals surface area contributed by atoms with Gasteiger partial charge in [0.25, 0.3) is 5.92 Å². The molecule has 1 atom stereocenters. The molecule has 0 bridgehead atoms. The van der Waals surface area contributed by atoms with E-state index in [1.807, 2.05) is 61.2 Å². The maximum absolute atomic E-state index is 13.7. The van der Waals surface area contributed by atoms with E-state index in [0.29, 0.717) is 24.7 Å². The maximum atomic E-state index is 13.7. The third-order valence-electron chi connectivity index (χ3n) is 7.66. The van der Waals surface area contributed by atoms with Crippen molar-refractivity contribution in [3.63, 3.8) is 0 Å². The number of amides is 1. The van der Waals surface area contributed by atoms with Crippen LogP contribution in [-0.4, -0.2) is 28.5 Å². The number of pyridine rings is 2. The lowest BCUT2D eigenvalue weighted by molar-refractivity contribution is -0.126. The van der Waals surface area contributed by atoms with Crippen LogP contribution in [0.2, 0.25) is 0 Å². The monoisotopic (exact) mass is 561 g/mol. The fourth-order valence-electron chi connectivity index (χ4n) is 5.26. The van der Waals surface area contributed by atoms with Crippen LogP contribution in [0.25, 0.3) is 11.1 Å². The van der Waals surface area contributed by atoms with Gasteiger partial charge in [-0.2, -0.15) is 0 Å². The van der Waals surface area contributed by atoms with Crippen molar-refractivity contribution in [2.75, 3.05) is 11.4 Å². The van der Waals surface area contributed by atoms with Crippen LogP contribution in [0.15, 0.2) is 73.6 Å². The maximum Gasteiger partial charge on any atom is 0.272 e. The first-order chi connectivity index (χ1) is 19.5. The molecular weight excluding hydrogens is 520 g/mol. The summed E-state index contributed by atoms with van der Waals surface area (Å²) in [5.41, 5.74) is 2.69. The minimum Gasteiger partial charge on any atom is -0.491 e. The zero-order chi connectivity index (χ0) is 29.6. The Hall–Kier alpha value is -3.61. The molecule has 1 saturated carbocycles. The van der Waals surface area contributed by atoms with Crippen LogP contribution in [0, 0.1) is 17.8 Å². The third kappa shape index (κ3) is 8.21. The highest BCUT2D eigenvalue weighted by molar-refractivity contribution is 5.95. The number of hydrogen-bond acceptors (Lipinski definition) is 4. The molecule has 5 nitrogen and oxygen atoms in total. The molecule has 7 heteroatoms. The van der Waals surface area contributed by atoms with E-state index in [1.165, 1.54) is 12.3 Å². The van der Waals surface area contributed by atoms with Gasteiger partial charge in [0.1, 0.15) is 11.6 Å². The van der Waals surface area contributed by atoms with E-state index in [0.717, 1.165) is 55.2 Å². The largest absolute Gasteiger partial charge is 0.491 e. The highest BCUT2D eigenvalue weighted by atomic mass is 19.3. The summed E-state index contributed by atoms with van der Waals surface area (Å²) in [6, 6.07) is 15.0. The lowest BCUT2D eigenvalue weighted by Gasteiger charge is -2.36. The summed E-state index contributed by atoms with van der Waals surface area (Å²) >= 11 is 0. The van der Waals surface area contributed by atoms with Crippen molar-refractivity contribution >= 4 is 11.7 Å². The molecule has 0 N–H and O–H groups in total. The van der Waals surface area contributed by atoms with Gasteiger partial charge in [-0.25, -0.2) is 13.8 Å². The molecule has 1 aliphatic carbocycles. The van der Waals surface area contributed by atoms with E-state index >= 15 is 0 Å². The number of aryl methyl sites for hydroxylation is 1. The van der Waals surface area contributed by atoms with Crippen LogP contribution in [-0.2, 0) is 17.1 Å². The predicted octanol–water partition coefficient (Wildman–Crippen LogP) is 8.25.